The lowest BCUT2D eigenvalue weighted by molar-refractivity contribution is -0.137. The minimum Gasteiger partial charge on any atom is -0.338 e. The molecule has 1 N–H and O–H groups in total. The van der Waals surface area contributed by atoms with Crippen molar-refractivity contribution in [3.8, 4) is 0 Å². The molecule has 0 aromatic heterocycles. The first-order valence-electron chi connectivity index (χ1n) is 8.74. The van der Waals surface area contributed by atoms with Crippen molar-refractivity contribution in [3.63, 3.8) is 0 Å². The Hall–Kier alpha value is -0.950. The van der Waals surface area contributed by atoms with E-state index in [4.69, 9.17) is 0 Å². The van der Waals surface area contributed by atoms with Gasteiger partial charge in [0.25, 0.3) is 0 Å². The number of piperazine rings is 1. The van der Waals surface area contributed by atoms with E-state index in [1.165, 1.54) is 12.2 Å². The molecular weight excluding hydrogens is 312 g/mol. The minimum absolute atomic E-state index is 0.0342. The van der Waals surface area contributed by atoms with Gasteiger partial charge in [0.1, 0.15) is 0 Å². The molecule has 7 heteroatoms. The Morgan fingerprint density at radius 1 is 1.09 bits per heavy atom. The average Bonchev–Trinajstić information content (AvgIpc) is 3.23. The van der Waals surface area contributed by atoms with E-state index in [-0.39, 0.29) is 18.0 Å². The number of thioether (sulfide) groups is 1. The zero-order chi connectivity index (χ0) is 16.2. The van der Waals surface area contributed by atoms with Gasteiger partial charge in [0.05, 0.1) is 6.04 Å². The van der Waals surface area contributed by atoms with Gasteiger partial charge in [0, 0.05) is 32.7 Å². The van der Waals surface area contributed by atoms with Crippen LogP contribution in [0.25, 0.3) is 0 Å². The molecule has 0 saturated carbocycles. The van der Waals surface area contributed by atoms with Gasteiger partial charge in [0.15, 0.2) is 0 Å². The van der Waals surface area contributed by atoms with Crippen molar-refractivity contribution in [1.82, 2.24) is 20.0 Å². The van der Waals surface area contributed by atoms with E-state index in [1.54, 1.807) is 0 Å². The van der Waals surface area contributed by atoms with Crippen molar-refractivity contribution >= 4 is 23.7 Å². The summed E-state index contributed by atoms with van der Waals surface area (Å²) in [7, 11) is 2.03. The van der Waals surface area contributed by atoms with Crippen LogP contribution in [-0.4, -0.2) is 90.5 Å². The summed E-state index contributed by atoms with van der Waals surface area (Å²) in [6.07, 6.45) is 3.28. The Bertz CT molecular complexity index is 434. The number of hydrogen-bond acceptors (Lipinski definition) is 4. The largest absolute Gasteiger partial charge is 0.338 e. The summed E-state index contributed by atoms with van der Waals surface area (Å²) in [5.41, 5.74) is 0. The number of likely N-dealkylation sites (tertiary alicyclic amines) is 1. The monoisotopic (exact) mass is 340 g/mol. The first-order chi connectivity index (χ1) is 11.1. The molecule has 2 atom stereocenters. The van der Waals surface area contributed by atoms with Gasteiger partial charge in [-0.25, -0.2) is 4.79 Å². The van der Waals surface area contributed by atoms with Crippen LogP contribution in [0.5, 0.6) is 0 Å². The van der Waals surface area contributed by atoms with Gasteiger partial charge in [-0.1, -0.05) is 0 Å². The second-order valence-electron chi connectivity index (χ2n) is 6.87. The van der Waals surface area contributed by atoms with Crippen LogP contribution in [-0.2, 0) is 4.79 Å². The highest BCUT2D eigenvalue weighted by atomic mass is 32.2. The van der Waals surface area contributed by atoms with E-state index in [9.17, 15) is 9.59 Å². The van der Waals surface area contributed by atoms with Crippen LogP contribution in [0.15, 0.2) is 0 Å². The second kappa shape index (κ2) is 7.75. The molecule has 0 radical (unpaired) electrons. The van der Waals surface area contributed by atoms with Crippen molar-refractivity contribution in [1.29, 1.82) is 0 Å². The van der Waals surface area contributed by atoms with Crippen molar-refractivity contribution in [2.45, 2.75) is 25.3 Å². The smallest absolute Gasteiger partial charge is 0.317 e. The topological polar surface area (TPSA) is 55.9 Å². The molecule has 3 rings (SSSR count). The van der Waals surface area contributed by atoms with Gasteiger partial charge in [-0.05, 0) is 50.3 Å². The quantitative estimate of drug-likeness (QED) is 0.821. The predicted molar refractivity (Wildman–Crippen MR) is 92.6 cm³/mol. The Morgan fingerprint density at radius 3 is 2.43 bits per heavy atom. The number of carbonyl (C=O) groups excluding carboxylic acids is 2. The fraction of sp³-hybridized carbons (Fsp3) is 0.875. The summed E-state index contributed by atoms with van der Waals surface area (Å²) in [5.74, 6) is 3.26. The number of amides is 3. The molecule has 0 aliphatic carbocycles. The first kappa shape index (κ1) is 16.9. The summed E-state index contributed by atoms with van der Waals surface area (Å²) in [6.45, 7) is 4.42. The molecule has 3 aliphatic rings. The van der Waals surface area contributed by atoms with Crippen LogP contribution in [0.2, 0.25) is 0 Å². The molecule has 3 aliphatic heterocycles. The molecule has 0 bridgehead atoms. The summed E-state index contributed by atoms with van der Waals surface area (Å²) in [6, 6.07) is 0.0854. The van der Waals surface area contributed by atoms with Gasteiger partial charge in [0.2, 0.25) is 5.91 Å². The number of nitrogens with one attached hydrogen (secondary N) is 1. The van der Waals surface area contributed by atoms with Crippen LogP contribution in [0, 0.1) is 5.92 Å². The highest BCUT2D eigenvalue weighted by molar-refractivity contribution is 7.99. The van der Waals surface area contributed by atoms with E-state index in [1.807, 2.05) is 28.6 Å². The zero-order valence-electron chi connectivity index (χ0n) is 14.0. The van der Waals surface area contributed by atoms with E-state index in [0.717, 1.165) is 31.7 Å². The Balaban J connectivity index is 1.40. The molecule has 0 aromatic carbocycles. The third-order valence-electron chi connectivity index (χ3n) is 5.25. The van der Waals surface area contributed by atoms with Crippen molar-refractivity contribution in [3.05, 3.63) is 0 Å². The number of urea groups is 1. The lowest BCUT2D eigenvalue weighted by Crippen LogP contribution is -2.56. The fourth-order valence-corrected chi connectivity index (χ4v) is 4.94. The lowest BCUT2D eigenvalue weighted by atomic mass is 10.1. The van der Waals surface area contributed by atoms with Crippen molar-refractivity contribution in [2.75, 3.05) is 57.8 Å². The van der Waals surface area contributed by atoms with Crippen LogP contribution in [0.1, 0.15) is 19.3 Å². The van der Waals surface area contributed by atoms with Crippen LogP contribution >= 0.6 is 11.8 Å². The standard InChI is InChI=1S/C16H28N4O2S/c1-18-5-2-3-14(18)15(21)19-6-8-20(9-7-19)16(22)17-11-13-4-10-23-12-13/h13-14H,2-12H2,1H3,(H,17,22)/t13-,14-/m1/s1. The number of carbonyl (C=O) groups is 2. The third-order valence-corrected chi connectivity index (χ3v) is 6.48. The maximum atomic E-state index is 12.5. The molecule has 0 spiro atoms. The number of hydrogen-bond donors (Lipinski definition) is 1. The molecule has 3 amide bonds. The molecule has 23 heavy (non-hydrogen) atoms. The molecular formula is C16H28N4O2S. The summed E-state index contributed by atoms with van der Waals surface area (Å²) < 4.78 is 0. The summed E-state index contributed by atoms with van der Waals surface area (Å²) in [5, 5.41) is 3.06. The second-order valence-corrected chi connectivity index (χ2v) is 8.02. The average molecular weight is 340 g/mol. The van der Waals surface area contributed by atoms with Gasteiger partial charge in [-0.3, -0.25) is 9.69 Å². The van der Waals surface area contributed by atoms with Gasteiger partial charge in [-0.15, -0.1) is 0 Å². The van der Waals surface area contributed by atoms with E-state index in [2.05, 4.69) is 10.2 Å². The zero-order valence-corrected chi connectivity index (χ0v) is 14.8. The molecule has 0 unspecified atom stereocenters. The molecule has 130 valence electrons. The van der Waals surface area contributed by atoms with Gasteiger partial charge in [-0.2, -0.15) is 11.8 Å². The maximum Gasteiger partial charge on any atom is 0.317 e. The molecule has 3 fully saturated rings. The van der Waals surface area contributed by atoms with Gasteiger partial charge < -0.3 is 15.1 Å². The summed E-state index contributed by atoms with van der Waals surface area (Å²) >= 11 is 1.97. The first-order valence-corrected chi connectivity index (χ1v) is 9.90. The lowest BCUT2D eigenvalue weighted by Gasteiger charge is -2.37. The SMILES string of the molecule is CN1CCC[C@@H]1C(=O)N1CCN(C(=O)NC[C@H]2CCSC2)CC1. The highest BCUT2D eigenvalue weighted by Gasteiger charge is 2.33. The van der Waals surface area contributed by atoms with E-state index >= 15 is 0 Å². The van der Waals surface area contributed by atoms with Crippen LogP contribution in [0.3, 0.4) is 0 Å². The molecule has 0 aromatic rings. The van der Waals surface area contributed by atoms with Gasteiger partial charge >= 0.3 is 6.03 Å². The Kier molecular flexibility index (Phi) is 5.69. The van der Waals surface area contributed by atoms with Crippen molar-refractivity contribution in [2.24, 2.45) is 5.92 Å². The number of nitrogens with zero attached hydrogens (tertiary/aromatic N) is 3. The number of likely N-dealkylation sites (N-methyl/N-ethyl adjacent to an activating group) is 1. The molecule has 3 saturated heterocycles. The Labute approximate surface area is 142 Å². The maximum absolute atomic E-state index is 12.5. The fourth-order valence-electron chi connectivity index (χ4n) is 3.65. The predicted octanol–water partition coefficient (Wildman–Crippen LogP) is 0.688. The normalized spacial score (nSPS) is 29.1. The van der Waals surface area contributed by atoms with Crippen LogP contribution in [0.4, 0.5) is 4.79 Å². The number of rotatable bonds is 3. The van der Waals surface area contributed by atoms with E-state index in [0.29, 0.717) is 32.1 Å². The highest BCUT2D eigenvalue weighted by Crippen LogP contribution is 2.22. The minimum atomic E-state index is 0.0342. The molecule has 6 nitrogen and oxygen atoms in total. The Morgan fingerprint density at radius 2 is 1.83 bits per heavy atom. The van der Waals surface area contributed by atoms with Crippen molar-refractivity contribution < 1.29 is 9.59 Å². The molecule has 3 heterocycles. The van der Waals surface area contributed by atoms with E-state index < -0.39 is 0 Å². The third kappa shape index (κ3) is 4.12. The summed E-state index contributed by atoms with van der Waals surface area (Å²) in [4.78, 5) is 30.7. The van der Waals surface area contributed by atoms with Crippen LogP contribution < -0.4 is 5.32 Å².